The van der Waals surface area contributed by atoms with Gasteiger partial charge in [0.05, 0.1) is 5.84 Å². The van der Waals surface area contributed by atoms with Crippen LogP contribution >= 0.6 is 0 Å². The molecule has 0 unspecified atom stereocenters. The highest BCUT2D eigenvalue weighted by Crippen LogP contribution is 2.12. The lowest BCUT2D eigenvalue weighted by Gasteiger charge is -2.20. The monoisotopic (exact) mass is 227 g/mol. The molecule has 0 rings (SSSR count). The van der Waals surface area contributed by atoms with Gasteiger partial charge in [0.1, 0.15) is 5.54 Å². The summed E-state index contributed by atoms with van der Waals surface area (Å²) < 4.78 is 0. The molecule has 0 aliphatic carbocycles. The number of aliphatic carboxylic acids is 1. The molecule has 0 amide bonds. The van der Waals surface area contributed by atoms with Gasteiger partial charge in [-0.25, -0.2) is 0 Å². The third kappa shape index (κ3) is 5.50. The van der Waals surface area contributed by atoms with Crippen molar-refractivity contribution in [1.82, 2.24) is 0 Å². The molecule has 0 saturated heterocycles. The Kier molecular flexibility index (Phi) is 6.41. The largest absolute Gasteiger partial charge is 0.480 e. The lowest BCUT2D eigenvalue weighted by Crippen LogP contribution is -2.46. The maximum Gasteiger partial charge on any atom is 0.323 e. The smallest absolute Gasteiger partial charge is 0.323 e. The van der Waals surface area contributed by atoms with Gasteiger partial charge in [-0.15, -0.1) is 0 Å². The maximum absolute atomic E-state index is 10.9. The number of hydrogen-bond donors (Lipinski definition) is 3. The van der Waals surface area contributed by atoms with Crippen molar-refractivity contribution in [3.63, 3.8) is 0 Å². The van der Waals surface area contributed by atoms with Gasteiger partial charge in [-0.05, 0) is 26.2 Å². The van der Waals surface area contributed by atoms with Crippen LogP contribution in [0.15, 0.2) is 17.1 Å². The number of aliphatic imine (C=N–C) groups is 1. The molecule has 5 nitrogen and oxygen atoms in total. The molecule has 0 bridgehead atoms. The predicted octanol–water partition coefficient (Wildman–Crippen LogP) is 0.892. The minimum atomic E-state index is -1.15. The third-order valence-electron chi connectivity index (χ3n) is 2.36. The normalized spacial score (nSPS) is 16.3. The second-order valence-corrected chi connectivity index (χ2v) is 3.80. The first-order valence-corrected chi connectivity index (χ1v) is 5.36. The summed E-state index contributed by atoms with van der Waals surface area (Å²) in [6, 6.07) is 0. The van der Waals surface area contributed by atoms with Crippen LogP contribution in [0.1, 0.15) is 33.1 Å². The average Bonchev–Trinajstić information content (AvgIpc) is 2.22. The van der Waals surface area contributed by atoms with Crippen LogP contribution in [0.25, 0.3) is 0 Å². The zero-order valence-corrected chi connectivity index (χ0v) is 9.94. The Morgan fingerprint density at radius 2 is 2.12 bits per heavy atom. The van der Waals surface area contributed by atoms with E-state index in [4.69, 9.17) is 16.6 Å². The molecule has 0 radical (unpaired) electrons. The van der Waals surface area contributed by atoms with Gasteiger partial charge in [0.2, 0.25) is 0 Å². The fourth-order valence-corrected chi connectivity index (χ4v) is 1.11. The molecular formula is C11H21N3O2. The Bertz CT molecular complexity index is 283. The van der Waals surface area contributed by atoms with E-state index in [2.05, 4.69) is 4.99 Å². The Morgan fingerprint density at radius 1 is 1.50 bits per heavy atom. The van der Waals surface area contributed by atoms with Crippen molar-refractivity contribution in [2.75, 3.05) is 6.54 Å². The van der Waals surface area contributed by atoms with Crippen LogP contribution in [0.4, 0.5) is 0 Å². The van der Waals surface area contributed by atoms with Crippen LogP contribution in [0, 0.1) is 0 Å². The van der Waals surface area contributed by atoms with Crippen LogP contribution < -0.4 is 11.5 Å². The van der Waals surface area contributed by atoms with Crippen LogP contribution in [-0.2, 0) is 4.79 Å². The van der Waals surface area contributed by atoms with E-state index in [-0.39, 0.29) is 0 Å². The van der Waals surface area contributed by atoms with Crippen LogP contribution in [0.2, 0.25) is 0 Å². The van der Waals surface area contributed by atoms with E-state index in [0.29, 0.717) is 25.2 Å². The Balaban J connectivity index is 3.99. The zero-order chi connectivity index (χ0) is 12.6. The molecule has 5 N–H and O–H groups in total. The van der Waals surface area contributed by atoms with E-state index < -0.39 is 11.5 Å². The second-order valence-electron chi connectivity index (χ2n) is 3.80. The number of rotatable bonds is 7. The number of hydrogen-bond acceptors (Lipinski definition) is 3. The van der Waals surface area contributed by atoms with Gasteiger partial charge < -0.3 is 16.6 Å². The zero-order valence-electron chi connectivity index (χ0n) is 9.94. The molecule has 0 spiro atoms. The van der Waals surface area contributed by atoms with Crippen molar-refractivity contribution in [3.05, 3.63) is 12.2 Å². The topological polar surface area (TPSA) is 102 Å². The average molecular weight is 227 g/mol. The summed E-state index contributed by atoms with van der Waals surface area (Å²) in [4.78, 5) is 14.9. The summed E-state index contributed by atoms with van der Waals surface area (Å²) in [5.41, 5.74) is 9.92. The highest BCUT2D eigenvalue weighted by atomic mass is 16.4. The number of nitrogens with two attached hydrogens (primary N) is 2. The summed E-state index contributed by atoms with van der Waals surface area (Å²) in [6.45, 7) is 4.12. The van der Waals surface area contributed by atoms with Crippen LogP contribution in [0.3, 0.4) is 0 Å². The minimum Gasteiger partial charge on any atom is -0.480 e. The first-order valence-electron chi connectivity index (χ1n) is 5.36. The molecule has 0 saturated carbocycles. The van der Waals surface area contributed by atoms with E-state index >= 15 is 0 Å². The molecule has 0 heterocycles. The Labute approximate surface area is 96.2 Å². The second kappa shape index (κ2) is 7.00. The quantitative estimate of drug-likeness (QED) is 0.260. The fraction of sp³-hybridized carbons (Fsp3) is 0.636. The number of amidine groups is 1. The van der Waals surface area contributed by atoms with Gasteiger partial charge in [0.15, 0.2) is 0 Å². The van der Waals surface area contributed by atoms with Crippen molar-refractivity contribution < 1.29 is 9.90 Å². The van der Waals surface area contributed by atoms with Crippen molar-refractivity contribution >= 4 is 11.8 Å². The summed E-state index contributed by atoms with van der Waals surface area (Å²) in [5, 5.41) is 8.91. The molecule has 1 atom stereocenters. The number of carboxylic acids is 1. The van der Waals surface area contributed by atoms with Crippen LogP contribution in [0.5, 0.6) is 0 Å². The lowest BCUT2D eigenvalue weighted by molar-refractivity contribution is -0.143. The number of carboxylic acid groups (broad SMARTS) is 1. The summed E-state index contributed by atoms with van der Waals surface area (Å²) in [7, 11) is 0. The van der Waals surface area contributed by atoms with Crippen molar-refractivity contribution in [2.24, 2.45) is 16.5 Å². The summed E-state index contributed by atoms with van der Waals surface area (Å²) in [5.74, 6) is -0.406. The van der Waals surface area contributed by atoms with Gasteiger partial charge in [-0.2, -0.15) is 0 Å². The Morgan fingerprint density at radius 3 is 2.56 bits per heavy atom. The molecule has 0 aliphatic rings. The van der Waals surface area contributed by atoms with Crippen molar-refractivity contribution in [2.45, 2.75) is 38.6 Å². The van der Waals surface area contributed by atoms with Crippen molar-refractivity contribution in [1.29, 1.82) is 0 Å². The number of nitrogens with zero attached hydrogens (tertiary/aromatic N) is 1. The third-order valence-corrected chi connectivity index (χ3v) is 2.36. The van der Waals surface area contributed by atoms with Gasteiger partial charge in [0.25, 0.3) is 0 Å². The van der Waals surface area contributed by atoms with Gasteiger partial charge in [-0.3, -0.25) is 9.79 Å². The van der Waals surface area contributed by atoms with Gasteiger partial charge in [-0.1, -0.05) is 19.1 Å². The van der Waals surface area contributed by atoms with E-state index in [1.54, 1.807) is 19.9 Å². The predicted molar refractivity (Wildman–Crippen MR) is 65.4 cm³/mol. The maximum atomic E-state index is 10.9. The van der Waals surface area contributed by atoms with Crippen molar-refractivity contribution in [3.8, 4) is 0 Å². The van der Waals surface area contributed by atoms with Gasteiger partial charge in [0, 0.05) is 6.54 Å². The van der Waals surface area contributed by atoms with E-state index in [9.17, 15) is 4.79 Å². The molecule has 5 heteroatoms. The SMILES string of the molecule is CC[C@@](N)(C/C=C\CCN=C(C)N)C(=O)O. The molecule has 0 aromatic heterocycles. The highest BCUT2D eigenvalue weighted by molar-refractivity contribution is 5.78. The molecule has 16 heavy (non-hydrogen) atoms. The lowest BCUT2D eigenvalue weighted by atomic mass is 9.93. The molecule has 0 fully saturated rings. The van der Waals surface area contributed by atoms with E-state index in [1.165, 1.54) is 0 Å². The standard InChI is InChI=1S/C11H21N3O2/c1-3-11(13,10(15)16)7-5-4-6-8-14-9(2)12/h4-5H,3,6-8,13H2,1-2H3,(H2,12,14)(H,15,16)/b5-4-/t11-/m1/s1. The summed E-state index contributed by atoms with van der Waals surface area (Å²) in [6.07, 6.45) is 5.16. The molecule has 0 aromatic rings. The van der Waals surface area contributed by atoms with Crippen LogP contribution in [-0.4, -0.2) is 29.0 Å². The first kappa shape index (κ1) is 14.6. The molecule has 0 aliphatic heterocycles. The molecule has 92 valence electrons. The Hall–Kier alpha value is -1.36. The van der Waals surface area contributed by atoms with E-state index in [0.717, 1.165) is 6.42 Å². The summed E-state index contributed by atoms with van der Waals surface area (Å²) >= 11 is 0. The van der Waals surface area contributed by atoms with E-state index in [1.807, 2.05) is 6.08 Å². The fourth-order valence-electron chi connectivity index (χ4n) is 1.11. The number of carbonyl (C=O) groups is 1. The van der Waals surface area contributed by atoms with Gasteiger partial charge >= 0.3 is 5.97 Å². The minimum absolute atomic E-state index is 0.337. The first-order chi connectivity index (χ1) is 7.42. The molecule has 0 aromatic carbocycles. The molecular weight excluding hydrogens is 206 g/mol. The highest BCUT2D eigenvalue weighted by Gasteiger charge is 2.29.